The van der Waals surface area contributed by atoms with Crippen molar-refractivity contribution in [3.63, 3.8) is 0 Å². The number of carbonyl (C=O) groups excluding carboxylic acids is 1. The Balaban J connectivity index is 1.86. The first-order valence-corrected chi connectivity index (χ1v) is 7.86. The first-order valence-electron chi connectivity index (χ1n) is 7.86. The van der Waals surface area contributed by atoms with Gasteiger partial charge in [-0.2, -0.15) is 13.2 Å². The van der Waals surface area contributed by atoms with Crippen molar-refractivity contribution in [1.29, 1.82) is 0 Å². The number of alkyl halides is 3. The average Bonchev–Trinajstić information content (AvgIpc) is 2.49. The summed E-state index contributed by atoms with van der Waals surface area (Å²) in [6.07, 6.45) is -3.78. The van der Waals surface area contributed by atoms with E-state index in [-0.39, 0.29) is 18.7 Å². The van der Waals surface area contributed by atoms with E-state index in [9.17, 15) is 18.0 Å². The van der Waals surface area contributed by atoms with Crippen molar-refractivity contribution in [3.05, 3.63) is 29.8 Å². The van der Waals surface area contributed by atoms with E-state index in [1.165, 1.54) is 0 Å². The zero-order valence-corrected chi connectivity index (χ0v) is 13.3. The molecule has 3 nitrogen and oxygen atoms in total. The van der Waals surface area contributed by atoms with Crippen LogP contribution < -0.4 is 10.1 Å². The van der Waals surface area contributed by atoms with Crippen LogP contribution >= 0.6 is 0 Å². The SMILES string of the molecule is Cc1ccc(OC(C)C(=O)NC2CCCC(C(F)(F)F)C2)cc1. The molecule has 0 heterocycles. The number of nitrogens with one attached hydrogen (secondary N) is 1. The molecule has 1 aromatic rings. The van der Waals surface area contributed by atoms with Gasteiger partial charge in [0.1, 0.15) is 5.75 Å². The normalized spacial score (nSPS) is 23.2. The Hall–Kier alpha value is -1.72. The summed E-state index contributed by atoms with van der Waals surface area (Å²) in [5, 5.41) is 2.69. The van der Waals surface area contributed by atoms with Gasteiger partial charge < -0.3 is 10.1 Å². The summed E-state index contributed by atoms with van der Waals surface area (Å²) < 4.78 is 43.9. The molecule has 2 rings (SSSR count). The van der Waals surface area contributed by atoms with Crippen molar-refractivity contribution in [2.45, 2.75) is 57.9 Å². The van der Waals surface area contributed by atoms with Crippen LogP contribution in [0.4, 0.5) is 13.2 Å². The quantitative estimate of drug-likeness (QED) is 0.907. The van der Waals surface area contributed by atoms with Gasteiger partial charge in [-0.3, -0.25) is 4.79 Å². The molecular weight excluding hydrogens is 307 g/mol. The number of amides is 1. The second-order valence-corrected chi connectivity index (χ2v) is 6.18. The maximum Gasteiger partial charge on any atom is 0.391 e. The second-order valence-electron chi connectivity index (χ2n) is 6.18. The number of halogens is 3. The van der Waals surface area contributed by atoms with E-state index in [1.807, 2.05) is 19.1 Å². The van der Waals surface area contributed by atoms with Crippen LogP contribution in [0.1, 0.15) is 38.2 Å². The molecular formula is C17H22F3NO2. The molecule has 1 fully saturated rings. The lowest BCUT2D eigenvalue weighted by Gasteiger charge is -2.31. The number of benzene rings is 1. The van der Waals surface area contributed by atoms with E-state index in [0.717, 1.165) is 5.56 Å². The molecule has 3 unspecified atom stereocenters. The van der Waals surface area contributed by atoms with Crippen molar-refractivity contribution in [2.75, 3.05) is 0 Å². The van der Waals surface area contributed by atoms with Gasteiger partial charge in [0.2, 0.25) is 0 Å². The van der Waals surface area contributed by atoms with Gasteiger partial charge in [0.25, 0.3) is 5.91 Å². The number of ether oxygens (including phenoxy) is 1. The van der Waals surface area contributed by atoms with Gasteiger partial charge in [-0.1, -0.05) is 24.1 Å². The zero-order valence-electron chi connectivity index (χ0n) is 13.3. The molecule has 0 bridgehead atoms. The first kappa shape index (κ1) is 17.6. The first-order chi connectivity index (χ1) is 10.8. The molecule has 0 aliphatic heterocycles. The minimum absolute atomic E-state index is 0.0491. The Kier molecular flexibility index (Phi) is 5.55. The van der Waals surface area contributed by atoms with E-state index in [2.05, 4.69) is 5.32 Å². The van der Waals surface area contributed by atoms with Crippen LogP contribution in [0.5, 0.6) is 5.75 Å². The molecule has 0 aromatic heterocycles. The Morgan fingerprint density at radius 3 is 2.52 bits per heavy atom. The topological polar surface area (TPSA) is 38.3 Å². The van der Waals surface area contributed by atoms with Gasteiger partial charge in [0.15, 0.2) is 6.10 Å². The van der Waals surface area contributed by atoms with Crippen molar-refractivity contribution in [1.82, 2.24) is 5.32 Å². The Morgan fingerprint density at radius 1 is 1.26 bits per heavy atom. The molecule has 1 aliphatic rings. The summed E-state index contributed by atoms with van der Waals surface area (Å²) >= 11 is 0. The molecule has 3 atom stereocenters. The smallest absolute Gasteiger partial charge is 0.391 e. The zero-order chi connectivity index (χ0) is 17.0. The van der Waals surface area contributed by atoms with E-state index < -0.39 is 24.2 Å². The van der Waals surface area contributed by atoms with Crippen LogP contribution in [0.3, 0.4) is 0 Å². The van der Waals surface area contributed by atoms with Crippen molar-refractivity contribution >= 4 is 5.91 Å². The number of aryl methyl sites for hydroxylation is 1. The minimum Gasteiger partial charge on any atom is -0.481 e. The molecule has 1 N–H and O–H groups in total. The van der Waals surface area contributed by atoms with E-state index in [4.69, 9.17) is 4.74 Å². The molecule has 1 saturated carbocycles. The van der Waals surface area contributed by atoms with Crippen LogP contribution in [-0.4, -0.2) is 24.2 Å². The fourth-order valence-corrected chi connectivity index (χ4v) is 2.81. The predicted molar refractivity (Wildman–Crippen MR) is 81.2 cm³/mol. The molecule has 128 valence electrons. The summed E-state index contributed by atoms with van der Waals surface area (Å²) in [5.74, 6) is -1.14. The fourth-order valence-electron chi connectivity index (χ4n) is 2.81. The highest BCUT2D eigenvalue weighted by Crippen LogP contribution is 2.37. The number of carbonyl (C=O) groups is 1. The van der Waals surface area contributed by atoms with Gasteiger partial charge in [0, 0.05) is 6.04 Å². The van der Waals surface area contributed by atoms with E-state index in [0.29, 0.717) is 18.6 Å². The maximum absolute atomic E-state index is 12.8. The number of hydrogen-bond donors (Lipinski definition) is 1. The summed E-state index contributed by atoms with van der Waals surface area (Å²) in [5.41, 5.74) is 1.08. The molecule has 0 saturated heterocycles. The molecule has 1 amide bonds. The summed E-state index contributed by atoms with van der Waals surface area (Å²) in [6, 6.07) is 6.83. The summed E-state index contributed by atoms with van der Waals surface area (Å²) in [6.45, 7) is 3.54. The highest BCUT2D eigenvalue weighted by molar-refractivity contribution is 5.81. The lowest BCUT2D eigenvalue weighted by atomic mass is 9.85. The standard InChI is InChI=1S/C17H22F3NO2/c1-11-6-8-15(9-7-11)23-12(2)16(22)21-14-5-3-4-13(10-14)17(18,19)20/h6-9,12-14H,3-5,10H2,1-2H3,(H,21,22). The van der Waals surface area contributed by atoms with Crippen molar-refractivity contribution in [3.8, 4) is 5.75 Å². The lowest BCUT2D eigenvalue weighted by molar-refractivity contribution is -0.184. The molecule has 1 aromatic carbocycles. The van der Waals surface area contributed by atoms with Crippen LogP contribution in [0.2, 0.25) is 0 Å². The Morgan fingerprint density at radius 2 is 1.91 bits per heavy atom. The monoisotopic (exact) mass is 329 g/mol. The van der Waals surface area contributed by atoms with Crippen molar-refractivity contribution in [2.24, 2.45) is 5.92 Å². The van der Waals surface area contributed by atoms with E-state index >= 15 is 0 Å². The fraction of sp³-hybridized carbons (Fsp3) is 0.588. The minimum atomic E-state index is -4.19. The maximum atomic E-state index is 12.8. The molecule has 6 heteroatoms. The lowest BCUT2D eigenvalue weighted by Crippen LogP contribution is -2.46. The highest BCUT2D eigenvalue weighted by atomic mass is 19.4. The van der Waals surface area contributed by atoms with Crippen LogP contribution in [0, 0.1) is 12.8 Å². The number of hydrogen-bond acceptors (Lipinski definition) is 2. The van der Waals surface area contributed by atoms with Crippen LogP contribution in [0.15, 0.2) is 24.3 Å². The van der Waals surface area contributed by atoms with Gasteiger partial charge in [-0.05, 0) is 45.2 Å². The second kappa shape index (κ2) is 7.23. The summed E-state index contributed by atoms with van der Waals surface area (Å²) in [7, 11) is 0. The van der Waals surface area contributed by atoms with Crippen LogP contribution in [0.25, 0.3) is 0 Å². The number of rotatable bonds is 4. The van der Waals surface area contributed by atoms with Gasteiger partial charge in [-0.25, -0.2) is 0 Å². The predicted octanol–water partition coefficient (Wildman–Crippen LogP) is 4.00. The van der Waals surface area contributed by atoms with Gasteiger partial charge in [-0.15, -0.1) is 0 Å². The average molecular weight is 329 g/mol. The van der Waals surface area contributed by atoms with Gasteiger partial charge >= 0.3 is 6.18 Å². The van der Waals surface area contributed by atoms with E-state index in [1.54, 1.807) is 19.1 Å². The van der Waals surface area contributed by atoms with Gasteiger partial charge in [0.05, 0.1) is 5.92 Å². The third-order valence-electron chi connectivity index (χ3n) is 4.19. The molecule has 0 spiro atoms. The van der Waals surface area contributed by atoms with Crippen LogP contribution in [-0.2, 0) is 4.79 Å². The molecule has 0 radical (unpaired) electrons. The van der Waals surface area contributed by atoms with Crippen molar-refractivity contribution < 1.29 is 22.7 Å². The highest BCUT2D eigenvalue weighted by Gasteiger charge is 2.42. The molecule has 1 aliphatic carbocycles. The Labute approximate surface area is 134 Å². The third kappa shape index (κ3) is 5.15. The Bertz CT molecular complexity index is 528. The largest absolute Gasteiger partial charge is 0.481 e. The summed E-state index contributed by atoms with van der Waals surface area (Å²) in [4.78, 5) is 12.1. The third-order valence-corrected chi connectivity index (χ3v) is 4.19. The molecule has 23 heavy (non-hydrogen) atoms.